The summed E-state index contributed by atoms with van der Waals surface area (Å²) in [6.45, 7) is 5.61. The summed E-state index contributed by atoms with van der Waals surface area (Å²) in [5.74, 6) is 0. The van der Waals surface area contributed by atoms with Crippen molar-refractivity contribution in [2.75, 3.05) is 0 Å². The van der Waals surface area contributed by atoms with Crippen LogP contribution in [-0.2, 0) is 0 Å². The van der Waals surface area contributed by atoms with Gasteiger partial charge in [0.2, 0.25) is 0 Å². The molecule has 0 rings (SSSR count). The van der Waals surface area contributed by atoms with E-state index in [4.69, 9.17) is 0 Å². The van der Waals surface area contributed by atoms with Crippen molar-refractivity contribution in [1.29, 1.82) is 0 Å². The predicted molar refractivity (Wildman–Crippen MR) is 29.1 cm³/mol. The van der Waals surface area contributed by atoms with Gasteiger partial charge < -0.3 is 0 Å². The van der Waals surface area contributed by atoms with Crippen LogP contribution in [0.2, 0.25) is 0 Å². The average Bonchev–Trinajstić information content (AvgIpc) is 1.61. The van der Waals surface area contributed by atoms with E-state index >= 15 is 0 Å². The van der Waals surface area contributed by atoms with Gasteiger partial charge in [0.1, 0.15) is 0 Å². The van der Waals surface area contributed by atoms with Crippen LogP contribution in [0.4, 0.5) is 0 Å². The van der Waals surface area contributed by atoms with Crippen molar-refractivity contribution >= 4 is 0 Å². The van der Waals surface area contributed by atoms with E-state index in [1.807, 2.05) is 6.08 Å². The maximum atomic E-state index is 3.51. The maximum absolute atomic E-state index is 3.51. The molecular formula is C6H10. The summed E-state index contributed by atoms with van der Waals surface area (Å²) in [4.78, 5) is 0. The van der Waals surface area contributed by atoms with Crippen LogP contribution < -0.4 is 0 Å². The van der Waals surface area contributed by atoms with E-state index in [0.29, 0.717) is 0 Å². The molecule has 0 bridgehead atoms. The first-order valence-corrected chi connectivity index (χ1v) is 2.19. The smallest absolute Gasteiger partial charge is 0.0170 e. The number of allylic oxidation sites excluding steroid dienone is 2. The Labute approximate surface area is 39.9 Å². The standard InChI is InChI=1S/C6H10/c1-3-5-6-4-2/h3,5-6H,1,4H2,2H3/b6-5+. The highest BCUT2D eigenvalue weighted by atomic mass is 13.7. The molecule has 0 saturated heterocycles. The predicted octanol–water partition coefficient (Wildman–Crippen LogP) is 1.99. The number of hydrogen-bond donors (Lipinski definition) is 0. The summed E-state index contributed by atoms with van der Waals surface area (Å²) >= 11 is 0. The third-order valence-electron chi connectivity index (χ3n) is 0.508. The monoisotopic (exact) mass is 82.1 g/mol. The zero-order valence-corrected chi connectivity index (χ0v) is 4.15. The molecule has 0 spiro atoms. The van der Waals surface area contributed by atoms with E-state index in [1.54, 1.807) is 6.42 Å². The van der Waals surface area contributed by atoms with Gasteiger partial charge in [0.15, 0.2) is 0 Å². The van der Waals surface area contributed by atoms with Crippen molar-refractivity contribution in [2.45, 2.75) is 13.3 Å². The molecule has 0 nitrogen and oxygen atoms in total. The van der Waals surface area contributed by atoms with Gasteiger partial charge in [-0.15, -0.1) is 0 Å². The van der Waals surface area contributed by atoms with E-state index in [-0.39, 0.29) is 0 Å². The van der Waals surface area contributed by atoms with E-state index in [9.17, 15) is 0 Å². The average molecular weight is 82.1 g/mol. The van der Waals surface area contributed by atoms with Crippen LogP contribution in [0, 0.1) is 13.3 Å². The normalized spacial score (nSPS) is 10.3. The molecule has 0 N–H and O–H groups in total. The Morgan fingerprint density at radius 3 is 2.50 bits per heavy atom. The molecule has 0 fully saturated rings. The molecule has 34 valence electrons. The number of rotatable bonds is 2. The Kier molecular flexibility index (Phi) is 4.53. The lowest BCUT2D eigenvalue weighted by molar-refractivity contribution is 1.22. The van der Waals surface area contributed by atoms with Gasteiger partial charge in [-0.25, -0.2) is 0 Å². The van der Waals surface area contributed by atoms with Gasteiger partial charge in [0.05, 0.1) is 0 Å². The van der Waals surface area contributed by atoms with E-state index in [0.717, 1.165) is 6.42 Å². The molecule has 0 heterocycles. The Morgan fingerprint density at radius 2 is 2.33 bits per heavy atom. The van der Waals surface area contributed by atoms with Gasteiger partial charge in [-0.1, -0.05) is 19.1 Å². The van der Waals surface area contributed by atoms with Crippen LogP contribution in [-0.4, -0.2) is 0 Å². The summed E-state index contributed by atoms with van der Waals surface area (Å²) in [5, 5.41) is 0. The third-order valence-corrected chi connectivity index (χ3v) is 0.508. The highest BCUT2D eigenvalue weighted by molar-refractivity contribution is 4.95. The molecule has 0 aliphatic rings. The fourth-order valence-corrected chi connectivity index (χ4v) is 0.232. The fraction of sp³-hybridized carbons (Fsp3) is 0.333. The van der Waals surface area contributed by atoms with E-state index < -0.39 is 0 Å². The molecule has 0 atom stereocenters. The number of hydrogen-bond acceptors (Lipinski definition) is 0. The van der Waals surface area contributed by atoms with Crippen molar-refractivity contribution < 1.29 is 0 Å². The molecule has 6 heavy (non-hydrogen) atoms. The van der Waals surface area contributed by atoms with Gasteiger partial charge in [-0.05, 0) is 19.8 Å². The topological polar surface area (TPSA) is 0 Å². The van der Waals surface area contributed by atoms with Crippen molar-refractivity contribution in [2.24, 2.45) is 0 Å². The maximum Gasteiger partial charge on any atom is -0.0170 e. The quantitative estimate of drug-likeness (QED) is 0.478. The molecule has 0 saturated carbocycles. The molecule has 0 unspecified atom stereocenters. The summed E-state index contributed by atoms with van der Waals surface area (Å²) < 4.78 is 0. The van der Waals surface area contributed by atoms with E-state index in [1.165, 1.54) is 0 Å². The summed E-state index contributed by atoms with van der Waals surface area (Å²) in [6.07, 6.45) is 6.89. The first kappa shape index (κ1) is 5.74. The second-order valence-corrected chi connectivity index (χ2v) is 1.07. The minimum atomic E-state index is 1.10. The first-order valence-electron chi connectivity index (χ1n) is 2.19. The molecule has 2 radical (unpaired) electrons. The first-order chi connectivity index (χ1) is 2.91. The zero-order valence-electron chi connectivity index (χ0n) is 4.15. The van der Waals surface area contributed by atoms with Gasteiger partial charge >= 0.3 is 0 Å². The largest absolute Gasteiger partial charge is 0.0885 e. The van der Waals surface area contributed by atoms with Gasteiger partial charge in [-0.2, -0.15) is 0 Å². The van der Waals surface area contributed by atoms with Crippen LogP contribution in [0.5, 0.6) is 0 Å². The fourth-order valence-electron chi connectivity index (χ4n) is 0.232. The molecular weight excluding hydrogens is 72.1 g/mol. The Morgan fingerprint density at radius 1 is 1.67 bits per heavy atom. The summed E-state index contributed by atoms with van der Waals surface area (Å²) in [7, 11) is 0. The van der Waals surface area contributed by atoms with Crippen molar-refractivity contribution in [3.05, 3.63) is 25.5 Å². The molecule has 0 amide bonds. The van der Waals surface area contributed by atoms with Crippen molar-refractivity contribution in [3.8, 4) is 0 Å². The third kappa shape index (κ3) is 3.74. The minimum Gasteiger partial charge on any atom is -0.0885 e. The highest BCUT2D eigenvalue weighted by Crippen LogP contribution is 1.79. The summed E-state index contributed by atoms with van der Waals surface area (Å²) in [5.41, 5.74) is 0. The van der Waals surface area contributed by atoms with Crippen molar-refractivity contribution in [1.82, 2.24) is 0 Å². The molecule has 0 aliphatic carbocycles. The van der Waals surface area contributed by atoms with Crippen LogP contribution in [0.3, 0.4) is 0 Å². The molecule has 0 aliphatic heterocycles. The van der Waals surface area contributed by atoms with Crippen LogP contribution >= 0.6 is 0 Å². The molecule has 0 aromatic carbocycles. The van der Waals surface area contributed by atoms with Crippen LogP contribution in [0.15, 0.2) is 12.2 Å². The summed E-state index contributed by atoms with van der Waals surface area (Å²) in [6, 6.07) is 0. The van der Waals surface area contributed by atoms with Gasteiger partial charge in [-0.3, -0.25) is 0 Å². The second kappa shape index (κ2) is 4.74. The van der Waals surface area contributed by atoms with Gasteiger partial charge in [0.25, 0.3) is 0 Å². The van der Waals surface area contributed by atoms with E-state index in [2.05, 4.69) is 19.9 Å². The molecule has 0 heteroatoms. The Hall–Kier alpha value is -0.260. The Bertz CT molecular complexity index is 29.3. The molecule has 0 aromatic heterocycles. The lowest BCUT2D eigenvalue weighted by Gasteiger charge is -1.71. The van der Waals surface area contributed by atoms with Crippen LogP contribution in [0.1, 0.15) is 13.3 Å². The molecule has 0 aromatic rings. The highest BCUT2D eigenvalue weighted by Gasteiger charge is 1.60. The second-order valence-electron chi connectivity index (χ2n) is 1.07. The SMILES string of the molecule is [CH2][CH]/C=C/CC. The lowest BCUT2D eigenvalue weighted by atomic mass is 10.4. The van der Waals surface area contributed by atoms with Crippen molar-refractivity contribution in [3.63, 3.8) is 0 Å². The zero-order chi connectivity index (χ0) is 4.83. The van der Waals surface area contributed by atoms with Gasteiger partial charge in [0, 0.05) is 0 Å². The van der Waals surface area contributed by atoms with Crippen LogP contribution in [0.25, 0.3) is 0 Å². The Balaban J connectivity index is 2.73. The lowest BCUT2D eigenvalue weighted by Crippen LogP contribution is -1.53. The minimum absolute atomic E-state index is 1.10.